The van der Waals surface area contributed by atoms with Crippen LogP contribution in [0.3, 0.4) is 0 Å². The zero-order valence-electron chi connectivity index (χ0n) is 5.01. The predicted octanol–water partition coefficient (Wildman–Crippen LogP) is 1.56. The summed E-state index contributed by atoms with van der Waals surface area (Å²) in [5, 5.41) is 0. The molecule has 1 nitrogen and oxygen atoms in total. The molecule has 0 aliphatic carbocycles. The molecule has 0 fully saturated rings. The van der Waals surface area contributed by atoms with Crippen molar-refractivity contribution < 1.29 is 37.5 Å². The van der Waals surface area contributed by atoms with Gasteiger partial charge in [-0.05, 0) is 6.26 Å². The minimum absolute atomic E-state index is 0. The van der Waals surface area contributed by atoms with E-state index in [0.717, 1.165) is 0 Å². The molecule has 0 unspecified atom stereocenters. The number of carbonyl (C=O) groups excluding carboxylic acids is 1. The molecule has 0 aromatic rings. The Labute approximate surface area is 84.0 Å². The van der Waals surface area contributed by atoms with E-state index in [-0.39, 0.29) is 40.1 Å². The Bertz CT molecular complexity index is 43.0. The molecule has 0 aliphatic rings. The van der Waals surface area contributed by atoms with E-state index in [4.69, 9.17) is 0 Å². The zero-order chi connectivity index (χ0) is 4.83. The summed E-state index contributed by atoms with van der Waals surface area (Å²) in [4.78, 5) is 9.40. The van der Waals surface area contributed by atoms with Crippen molar-refractivity contribution in [2.45, 2.75) is 0 Å². The summed E-state index contributed by atoms with van der Waals surface area (Å²) in [6.45, 7) is 0. The van der Waals surface area contributed by atoms with Gasteiger partial charge in [-0.25, -0.2) is 0 Å². The third-order valence-electron chi connectivity index (χ3n) is 0.236. The first-order chi connectivity index (χ1) is 2.91. The Balaban J connectivity index is -0.000000125. The van der Waals surface area contributed by atoms with Gasteiger partial charge in [0.25, 0.3) is 0 Å². The minimum Gasteiger partial charge on any atom is -0.541 e. The van der Waals surface area contributed by atoms with Gasteiger partial charge in [0.2, 0.25) is 0 Å². The van der Waals surface area contributed by atoms with E-state index in [2.05, 4.69) is 0 Å². The van der Waals surface area contributed by atoms with Gasteiger partial charge >= 0.3 is 0 Å². The maximum atomic E-state index is 9.40. The van der Waals surface area contributed by atoms with Gasteiger partial charge in [-0.15, -0.1) is 21.6 Å². The van der Waals surface area contributed by atoms with Crippen molar-refractivity contribution in [1.29, 1.82) is 0 Å². The summed E-state index contributed by atoms with van der Waals surface area (Å²) in [5.41, 5.74) is 0. The second kappa shape index (κ2) is 15.8. The van der Waals surface area contributed by atoms with Crippen molar-refractivity contribution >= 4 is 27.9 Å². The third-order valence-corrected chi connectivity index (χ3v) is 1.77. The minimum atomic E-state index is 0. The molecule has 0 saturated carbocycles. The molecule has 8 heavy (non-hydrogen) atoms. The molecular weight excluding hydrogens is 217 g/mol. The van der Waals surface area contributed by atoms with Gasteiger partial charge < -0.3 is 12.2 Å². The fourth-order valence-electron chi connectivity index (χ4n) is 0.0830. The Morgan fingerprint density at radius 3 is 2.25 bits per heavy atom. The summed E-state index contributed by atoms with van der Waals surface area (Å²) >= 11 is 0. The first-order valence-electron chi connectivity index (χ1n) is 1.42. The van der Waals surface area contributed by atoms with Gasteiger partial charge in [-0.2, -0.15) is 0 Å². The van der Waals surface area contributed by atoms with Crippen LogP contribution < -0.4 is 0 Å². The maximum absolute atomic E-state index is 9.40. The van der Waals surface area contributed by atoms with E-state index in [0.29, 0.717) is 5.75 Å². The fraction of sp³-hybridized carbons (Fsp3) is 0.500. The molecule has 0 aromatic heterocycles. The Morgan fingerprint density at radius 2 is 2.12 bits per heavy atom. The van der Waals surface area contributed by atoms with Crippen molar-refractivity contribution in [2.75, 3.05) is 12.0 Å². The summed E-state index contributed by atoms with van der Waals surface area (Å²) in [5.74, 6) is 0.487. The molecule has 0 aliphatic heterocycles. The molecule has 0 aromatic carbocycles. The molecule has 0 atom stereocenters. The molecule has 0 bridgehead atoms. The van der Waals surface area contributed by atoms with Crippen LogP contribution in [0.2, 0.25) is 0 Å². The summed E-state index contributed by atoms with van der Waals surface area (Å²) < 4.78 is 0. The largest absolute Gasteiger partial charge is 0.541 e. The monoisotopic (exact) mass is 225 g/mol. The van der Waals surface area contributed by atoms with E-state index in [9.17, 15) is 4.79 Å². The van der Waals surface area contributed by atoms with Gasteiger partial charge in [0.05, 0.1) is 0 Å². The van der Waals surface area contributed by atoms with Crippen molar-refractivity contribution in [3.05, 3.63) is 7.43 Å². The van der Waals surface area contributed by atoms with Gasteiger partial charge in [-0.3, -0.25) is 6.29 Å². The average molecular weight is 225 g/mol. The number of hydrogen-bond donors (Lipinski definition) is 0. The smallest absolute Gasteiger partial charge is 0 e. The number of hydrogen-bond acceptors (Lipinski definition) is 3. The van der Waals surface area contributed by atoms with E-state index < -0.39 is 0 Å². The summed E-state index contributed by atoms with van der Waals surface area (Å²) in [6.07, 6.45) is 3.69. The summed E-state index contributed by atoms with van der Waals surface area (Å²) in [7, 11) is 3.08. The van der Waals surface area contributed by atoms with Crippen molar-refractivity contribution in [3.63, 3.8) is 0 Å². The molecule has 0 N–H and O–H groups in total. The maximum Gasteiger partial charge on any atom is 0 e. The normalized spacial score (nSPS) is 6.12. The summed E-state index contributed by atoms with van der Waals surface area (Å²) in [6, 6.07) is 0. The van der Waals surface area contributed by atoms with Crippen LogP contribution in [0.5, 0.6) is 0 Å². The molecule has 47 valence electrons. The van der Waals surface area contributed by atoms with E-state index >= 15 is 0 Å². The van der Waals surface area contributed by atoms with Crippen LogP contribution in [-0.4, -0.2) is 18.3 Å². The van der Waals surface area contributed by atoms with Crippen LogP contribution in [0.25, 0.3) is 0 Å². The quantitative estimate of drug-likeness (QED) is 0.412. The fourth-order valence-corrected chi connectivity index (χ4v) is 0.747. The Morgan fingerprint density at radius 1 is 1.62 bits per heavy atom. The van der Waals surface area contributed by atoms with Gasteiger partial charge in [-0.1, -0.05) is 5.75 Å². The van der Waals surface area contributed by atoms with Crippen molar-refractivity contribution in [3.8, 4) is 0 Å². The molecule has 0 rings (SSSR count). The Hall–Kier alpha value is 1.47. The number of rotatable bonds is 3. The van der Waals surface area contributed by atoms with E-state index in [1.807, 2.05) is 6.26 Å². The molecule has 0 amide bonds. The average Bonchev–Trinajstić information content (AvgIpc) is 1.61. The Kier molecular flexibility index (Phi) is 32.1. The van der Waals surface area contributed by atoms with E-state index in [1.54, 1.807) is 17.1 Å². The van der Waals surface area contributed by atoms with Crippen LogP contribution >= 0.6 is 21.6 Å². The second-order valence-electron chi connectivity index (χ2n) is 0.573. The zero-order valence-corrected chi connectivity index (χ0v) is 9.48. The van der Waals surface area contributed by atoms with Crippen molar-refractivity contribution in [1.82, 2.24) is 0 Å². The molecule has 0 saturated heterocycles. The van der Waals surface area contributed by atoms with Gasteiger partial charge in [0.1, 0.15) is 0 Å². The first-order valence-corrected chi connectivity index (χ1v) is 4.15. The molecule has 0 spiro atoms. The van der Waals surface area contributed by atoms with Crippen LogP contribution in [0, 0.1) is 7.43 Å². The second-order valence-corrected chi connectivity index (χ2v) is 3.14. The molecule has 4 heteroatoms. The van der Waals surface area contributed by atoms with Gasteiger partial charge in [0.15, 0.2) is 0 Å². The van der Waals surface area contributed by atoms with Crippen LogP contribution in [0.15, 0.2) is 0 Å². The van der Waals surface area contributed by atoms with E-state index in [1.165, 1.54) is 10.8 Å². The SMILES string of the molecule is CSSC[C-]=O.[CH3-].[Y]. The molecule has 1 radical (unpaired) electrons. The topological polar surface area (TPSA) is 17.1 Å². The first kappa shape index (κ1) is 16.2. The molecular formula is C4H8OS2Y-2. The van der Waals surface area contributed by atoms with Crippen LogP contribution in [0.1, 0.15) is 0 Å². The standard InChI is InChI=1S/C3H5OS2.CH3.Y/c1-5-6-3-2-4;;/h3H2,1H3;1H3;/q2*-1;. The predicted molar refractivity (Wildman–Crippen MR) is 38.1 cm³/mol. The van der Waals surface area contributed by atoms with Crippen LogP contribution in [0.4, 0.5) is 0 Å². The third kappa shape index (κ3) is 15.6. The van der Waals surface area contributed by atoms with Crippen molar-refractivity contribution in [2.24, 2.45) is 0 Å². The van der Waals surface area contributed by atoms with Gasteiger partial charge in [0, 0.05) is 32.7 Å². The van der Waals surface area contributed by atoms with Crippen LogP contribution in [-0.2, 0) is 37.5 Å². The molecule has 0 heterocycles.